The molecule has 0 radical (unpaired) electrons. The van der Waals surface area contributed by atoms with Gasteiger partial charge in [-0.15, -0.1) is 12.4 Å². The number of carbonyl (C=O) groups excluding carboxylic acids is 2. The van der Waals surface area contributed by atoms with Crippen molar-refractivity contribution in [2.45, 2.75) is 39.2 Å². The second-order valence-electron chi connectivity index (χ2n) is 7.22. The summed E-state index contributed by atoms with van der Waals surface area (Å²) in [6, 6.07) is 9.24. The van der Waals surface area contributed by atoms with Crippen LogP contribution in [0.1, 0.15) is 44.0 Å². The summed E-state index contributed by atoms with van der Waals surface area (Å²) >= 11 is 0. The van der Waals surface area contributed by atoms with Crippen molar-refractivity contribution < 1.29 is 9.59 Å². The topological polar surface area (TPSA) is 75.4 Å². The molecule has 1 aliphatic rings. The second kappa shape index (κ2) is 9.20. The van der Waals surface area contributed by atoms with Gasteiger partial charge >= 0.3 is 0 Å². The minimum atomic E-state index is -0.414. The number of hydrogen-bond donors (Lipinski definition) is 2. The quantitative estimate of drug-likeness (QED) is 0.839. The maximum absolute atomic E-state index is 12.7. The van der Waals surface area contributed by atoms with E-state index in [0.717, 1.165) is 12.8 Å². The van der Waals surface area contributed by atoms with Crippen molar-refractivity contribution in [2.24, 2.45) is 17.6 Å². The Kier molecular flexibility index (Phi) is 7.90. The molecule has 6 heteroatoms. The SMILES string of the molecule is CC(C)C(C)(CN)NC(=O)C1CCCN(C(=O)c2ccccc2)C1.Cl. The van der Waals surface area contributed by atoms with Crippen LogP contribution in [0.25, 0.3) is 0 Å². The van der Waals surface area contributed by atoms with Gasteiger partial charge in [-0.25, -0.2) is 0 Å². The normalized spacial score (nSPS) is 19.7. The van der Waals surface area contributed by atoms with E-state index in [-0.39, 0.29) is 36.1 Å². The predicted octanol–water partition coefficient (Wildman–Crippen LogP) is 2.45. The Morgan fingerprint density at radius 3 is 2.52 bits per heavy atom. The third-order valence-corrected chi connectivity index (χ3v) is 5.21. The zero-order valence-electron chi connectivity index (χ0n) is 15.3. The molecule has 2 rings (SSSR count). The Morgan fingerprint density at radius 1 is 1.32 bits per heavy atom. The molecule has 1 fully saturated rings. The number of nitrogens with zero attached hydrogens (tertiary/aromatic N) is 1. The molecule has 0 aliphatic carbocycles. The van der Waals surface area contributed by atoms with Crippen LogP contribution in [0.15, 0.2) is 30.3 Å². The summed E-state index contributed by atoms with van der Waals surface area (Å²) in [6.07, 6.45) is 1.65. The smallest absolute Gasteiger partial charge is 0.253 e. The molecule has 140 valence electrons. The Labute approximate surface area is 156 Å². The molecule has 1 saturated heterocycles. The van der Waals surface area contributed by atoms with Gasteiger partial charge < -0.3 is 16.0 Å². The van der Waals surface area contributed by atoms with Gasteiger partial charge in [-0.1, -0.05) is 32.0 Å². The fourth-order valence-corrected chi connectivity index (χ4v) is 2.95. The summed E-state index contributed by atoms with van der Waals surface area (Å²) in [5.41, 5.74) is 6.12. The number of rotatable bonds is 5. The lowest BCUT2D eigenvalue weighted by molar-refractivity contribution is -0.128. The molecule has 1 aromatic rings. The summed E-state index contributed by atoms with van der Waals surface area (Å²) in [5.74, 6) is 0.0777. The van der Waals surface area contributed by atoms with E-state index < -0.39 is 5.54 Å². The average Bonchev–Trinajstić information content (AvgIpc) is 2.61. The van der Waals surface area contributed by atoms with E-state index in [9.17, 15) is 9.59 Å². The van der Waals surface area contributed by atoms with Crippen LogP contribution in [0.2, 0.25) is 0 Å². The van der Waals surface area contributed by atoms with Crippen molar-refractivity contribution in [1.29, 1.82) is 0 Å². The van der Waals surface area contributed by atoms with E-state index in [1.54, 1.807) is 4.90 Å². The van der Waals surface area contributed by atoms with Crippen molar-refractivity contribution in [3.05, 3.63) is 35.9 Å². The van der Waals surface area contributed by atoms with Gasteiger partial charge in [0.25, 0.3) is 5.91 Å². The van der Waals surface area contributed by atoms with Crippen LogP contribution < -0.4 is 11.1 Å². The summed E-state index contributed by atoms with van der Waals surface area (Å²) in [6.45, 7) is 7.66. The summed E-state index contributed by atoms with van der Waals surface area (Å²) < 4.78 is 0. The van der Waals surface area contributed by atoms with E-state index in [0.29, 0.717) is 25.2 Å². The zero-order valence-corrected chi connectivity index (χ0v) is 16.1. The van der Waals surface area contributed by atoms with Crippen molar-refractivity contribution >= 4 is 24.2 Å². The van der Waals surface area contributed by atoms with Crippen LogP contribution in [0.5, 0.6) is 0 Å². The fraction of sp³-hybridized carbons (Fsp3) is 0.579. The highest BCUT2D eigenvalue weighted by molar-refractivity contribution is 5.94. The van der Waals surface area contributed by atoms with Gasteiger partial charge in [0.05, 0.1) is 11.5 Å². The number of piperidine rings is 1. The molecule has 2 amide bonds. The number of carbonyl (C=O) groups is 2. The molecule has 5 nitrogen and oxygen atoms in total. The van der Waals surface area contributed by atoms with E-state index >= 15 is 0 Å². The number of likely N-dealkylation sites (tertiary alicyclic amines) is 1. The minimum absolute atomic E-state index is 0. The van der Waals surface area contributed by atoms with Gasteiger partial charge in [0, 0.05) is 25.2 Å². The van der Waals surface area contributed by atoms with Gasteiger partial charge in [-0.2, -0.15) is 0 Å². The lowest BCUT2D eigenvalue weighted by atomic mass is 9.87. The van der Waals surface area contributed by atoms with Gasteiger partial charge in [0.1, 0.15) is 0 Å². The van der Waals surface area contributed by atoms with Crippen molar-refractivity contribution in [2.75, 3.05) is 19.6 Å². The summed E-state index contributed by atoms with van der Waals surface area (Å²) in [7, 11) is 0. The lowest BCUT2D eigenvalue weighted by Crippen LogP contribution is -2.58. The van der Waals surface area contributed by atoms with Crippen LogP contribution in [-0.4, -0.2) is 41.9 Å². The highest BCUT2D eigenvalue weighted by atomic mass is 35.5. The second-order valence-corrected chi connectivity index (χ2v) is 7.22. The van der Waals surface area contributed by atoms with Gasteiger partial charge in [-0.05, 0) is 37.8 Å². The first-order chi connectivity index (χ1) is 11.4. The summed E-state index contributed by atoms with van der Waals surface area (Å²) in [5, 5.41) is 3.11. The molecule has 3 N–H and O–H groups in total. The molecular formula is C19H30ClN3O2. The maximum Gasteiger partial charge on any atom is 0.253 e. The largest absolute Gasteiger partial charge is 0.349 e. The van der Waals surface area contributed by atoms with Crippen LogP contribution in [-0.2, 0) is 4.79 Å². The average molecular weight is 368 g/mol. The van der Waals surface area contributed by atoms with Crippen LogP contribution in [0.4, 0.5) is 0 Å². The standard InChI is InChI=1S/C19H29N3O2.ClH/c1-14(2)19(3,13-20)21-17(23)16-10-7-11-22(12-16)18(24)15-8-5-4-6-9-15;/h4-6,8-9,14,16H,7,10-13,20H2,1-3H3,(H,21,23);1H. The monoisotopic (exact) mass is 367 g/mol. The number of nitrogens with one attached hydrogen (secondary N) is 1. The Morgan fingerprint density at radius 2 is 1.96 bits per heavy atom. The molecule has 25 heavy (non-hydrogen) atoms. The molecule has 1 aliphatic heterocycles. The molecule has 1 aromatic carbocycles. The van der Waals surface area contributed by atoms with Crippen LogP contribution in [0, 0.1) is 11.8 Å². The Balaban J connectivity index is 0.00000312. The first-order valence-electron chi connectivity index (χ1n) is 8.74. The van der Waals surface area contributed by atoms with Crippen molar-refractivity contribution in [3.8, 4) is 0 Å². The molecule has 2 unspecified atom stereocenters. The van der Waals surface area contributed by atoms with E-state index in [4.69, 9.17) is 5.73 Å². The van der Waals surface area contributed by atoms with E-state index in [2.05, 4.69) is 19.2 Å². The van der Waals surface area contributed by atoms with Gasteiger partial charge in [0.2, 0.25) is 5.91 Å². The van der Waals surface area contributed by atoms with E-state index in [1.165, 1.54) is 0 Å². The van der Waals surface area contributed by atoms with Crippen molar-refractivity contribution in [3.63, 3.8) is 0 Å². The molecular weight excluding hydrogens is 338 g/mol. The van der Waals surface area contributed by atoms with Gasteiger partial charge in [0.15, 0.2) is 0 Å². The van der Waals surface area contributed by atoms with Crippen LogP contribution in [0.3, 0.4) is 0 Å². The highest BCUT2D eigenvalue weighted by Crippen LogP contribution is 2.21. The molecule has 1 heterocycles. The number of amides is 2. The Hall–Kier alpha value is -1.59. The zero-order chi connectivity index (χ0) is 17.7. The Bertz CT molecular complexity index is 579. The molecule has 0 bridgehead atoms. The fourth-order valence-electron chi connectivity index (χ4n) is 2.95. The lowest BCUT2D eigenvalue weighted by Gasteiger charge is -2.37. The van der Waals surface area contributed by atoms with Crippen LogP contribution >= 0.6 is 12.4 Å². The van der Waals surface area contributed by atoms with Gasteiger partial charge in [-0.3, -0.25) is 9.59 Å². The van der Waals surface area contributed by atoms with E-state index in [1.807, 2.05) is 37.3 Å². The van der Waals surface area contributed by atoms with Crippen molar-refractivity contribution in [1.82, 2.24) is 10.2 Å². The number of halogens is 1. The number of nitrogens with two attached hydrogens (primary N) is 1. The first-order valence-corrected chi connectivity index (χ1v) is 8.74. The number of hydrogen-bond acceptors (Lipinski definition) is 3. The molecule has 0 aromatic heterocycles. The maximum atomic E-state index is 12.7. The predicted molar refractivity (Wildman–Crippen MR) is 103 cm³/mol. The molecule has 2 atom stereocenters. The summed E-state index contributed by atoms with van der Waals surface area (Å²) in [4.78, 5) is 27.1. The first kappa shape index (κ1) is 21.5. The minimum Gasteiger partial charge on any atom is -0.349 e. The number of benzene rings is 1. The highest BCUT2D eigenvalue weighted by Gasteiger charge is 2.34. The third-order valence-electron chi connectivity index (χ3n) is 5.21. The third kappa shape index (κ3) is 5.19. The molecule has 0 spiro atoms. The molecule has 0 saturated carbocycles.